The Balaban J connectivity index is 1.99. The summed E-state index contributed by atoms with van der Waals surface area (Å²) in [6.45, 7) is 0.688. The van der Waals surface area contributed by atoms with Crippen molar-refractivity contribution >= 4 is 23.2 Å². The van der Waals surface area contributed by atoms with Gasteiger partial charge >= 0.3 is 0 Å². The molecular weight excluding hydrogens is 357 g/mol. The van der Waals surface area contributed by atoms with Crippen molar-refractivity contribution in [3.05, 3.63) is 75.5 Å². The zero-order valence-corrected chi connectivity index (χ0v) is 15.6. The lowest BCUT2D eigenvalue weighted by atomic mass is 10.1. The fraction of sp³-hybridized carbons (Fsp3) is 0.211. The Bertz CT molecular complexity index is 860. The van der Waals surface area contributed by atoms with Gasteiger partial charge in [-0.3, -0.25) is 0 Å². The van der Waals surface area contributed by atoms with E-state index in [0.717, 1.165) is 29.2 Å². The first-order valence-electron chi connectivity index (χ1n) is 7.91. The molecule has 0 atom stereocenters. The first-order valence-corrected chi connectivity index (χ1v) is 8.67. The van der Waals surface area contributed by atoms with E-state index in [1.165, 1.54) is 5.56 Å². The highest BCUT2D eigenvalue weighted by Gasteiger charge is 2.13. The van der Waals surface area contributed by atoms with Crippen LogP contribution < -0.4 is 10.1 Å². The number of halogens is 2. The van der Waals surface area contributed by atoms with Gasteiger partial charge < -0.3 is 10.1 Å². The van der Waals surface area contributed by atoms with Crippen molar-refractivity contribution in [1.82, 2.24) is 15.1 Å². The molecule has 130 valence electrons. The summed E-state index contributed by atoms with van der Waals surface area (Å²) in [5.41, 5.74) is 4.00. The van der Waals surface area contributed by atoms with Crippen LogP contribution in [0.5, 0.6) is 5.75 Å². The van der Waals surface area contributed by atoms with Crippen LogP contribution in [0.25, 0.3) is 5.69 Å². The summed E-state index contributed by atoms with van der Waals surface area (Å²) >= 11 is 12.4. The quantitative estimate of drug-likeness (QED) is 0.689. The normalized spacial score (nSPS) is 10.9. The zero-order valence-electron chi connectivity index (χ0n) is 14.1. The Kier molecular flexibility index (Phi) is 5.63. The number of rotatable bonds is 6. The fourth-order valence-electron chi connectivity index (χ4n) is 2.68. The van der Waals surface area contributed by atoms with Gasteiger partial charge in [0, 0.05) is 23.7 Å². The Hall–Kier alpha value is -2.01. The van der Waals surface area contributed by atoms with Gasteiger partial charge in [0.25, 0.3) is 0 Å². The molecule has 1 aromatic heterocycles. The van der Waals surface area contributed by atoms with E-state index in [4.69, 9.17) is 33.0 Å². The third-order valence-electron chi connectivity index (χ3n) is 3.87. The van der Waals surface area contributed by atoms with Crippen LogP contribution in [0.3, 0.4) is 0 Å². The number of hydrogen-bond acceptors (Lipinski definition) is 3. The summed E-state index contributed by atoms with van der Waals surface area (Å²) in [4.78, 5) is 0. The average molecular weight is 376 g/mol. The fourth-order valence-corrected chi connectivity index (χ4v) is 3.17. The molecule has 0 unspecified atom stereocenters. The Morgan fingerprint density at radius 1 is 1.08 bits per heavy atom. The van der Waals surface area contributed by atoms with E-state index in [2.05, 4.69) is 23.5 Å². The molecule has 0 bridgehead atoms. The smallest absolute Gasteiger partial charge is 0.118 e. The molecular formula is C19H19Cl2N3O. The number of ether oxygens (including phenoxy) is 1. The van der Waals surface area contributed by atoms with E-state index in [-0.39, 0.29) is 0 Å². The molecule has 0 aliphatic heterocycles. The lowest BCUT2D eigenvalue weighted by Crippen LogP contribution is -2.07. The highest BCUT2D eigenvalue weighted by molar-refractivity contribution is 6.35. The number of aromatic nitrogens is 2. The highest BCUT2D eigenvalue weighted by Crippen LogP contribution is 2.26. The zero-order chi connectivity index (χ0) is 17.8. The summed E-state index contributed by atoms with van der Waals surface area (Å²) in [7, 11) is 3.56. The lowest BCUT2D eigenvalue weighted by molar-refractivity contribution is 0.414. The number of benzene rings is 2. The van der Waals surface area contributed by atoms with Gasteiger partial charge in [0.15, 0.2) is 0 Å². The van der Waals surface area contributed by atoms with Crippen molar-refractivity contribution in [3.63, 3.8) is 0 Å². The summed E-state index contributed by atoms with van der Waals surface area (Å²) < 4.78 is 7.10. The third-order valence-corrected chi connectivity index (χ3v) is 4.41. The van der Waals surface area contributed by atoms with Crippen LogP contribution in [-0.4, -0.2) is 23.9 Å². The van der Waals surface area contributed by atoms with E-state index in [1.54, 1.807) is 13.2 Å². The number of methoxy groups -OCH3 is 1. The second kappa shape index (κ2) is 7.91. The maximum atomic E-state index is 6.39. The molecule has 3 aromatic rings. The molecule has 0 radical (unpaired) electrons. The van der Waals surface area contributed by atoms with Crippen LogP contribution >= 0.6 is 23.2 Å². The molecule has 1 N–H and O–H groups in total. The molecule has 0 spiro atoms. The minimum atomic E-state index is 0.572. The lowest BCUT2D eigenvalue weighted by Gasteiger charge is -2.10. The summed E-state index contributed by atoms with van der Waals surface area (Å²) in [6, 6.07) is 15.5. The van der Waals surface area contributed by atoms with Crippen molar-refractivity contribution in [2.24, 2.45) is 0 Å². The molecule has 4 nitrogen and oxygen atoms in total. The molecule has 0 fully saturated rings. The van der Waals surface area contributed by atoms with E-state index >= 15 is 0 Å². The van der Waals surface area contributed by atoms with Crippen molar-refractivity contribution in [2.75, 3.05) is 14.2 Å². The van der Waals surface area contributed by atoms with Crippen molar-refractivity contribution in [1.29, 1.82) is 0 Å². The SMILES string of the molecule is CNCc1cc(Cc2ccc(OC)cc2)n(-c2ccc(Cl)cc2Cl)n1. The van der Waals surface area contributed by atoms with Gasteiger partial charge in [-0.15, -0.1) is 0 Å². The van der Waals surface area contributed by atoms with Crippen LogP contribution in [0.15, 0.2) is 48.5 Å². The molecule has 0 saturated heterocycles. The van der Waals surface area contributed by atoms with Crippen molar-refractivity contribution in [2.45, 2.75) is 13.0 Å². The molecule has 6 heteroatoms. The Morgan fingerprint density at radius 2 is 1.84 bits per heavy atom. The molecule has 0 aliphatic rings. The van der Waals surface area contributed by atoms with Gasteiger partial charge in [0.1, 0.15) is 5.75 Å². The van der Waals surface area contributed by atoms with Gasteiger partial charge in [-0.1, -0.05) is 35.3 Å². The maximum absolute atomic E-state index is 6.39. The van der Waals surface area contributed by atoms with Gasteiger partial charge in [-0.05, 0) is 49.0 Å². The predicted molar refractivity (Wildman–Crippen MR) is 102 cm³/mol. The third kappa shape index (κ3) is 4.15. The van der Waals surface area contributed by atoms with Gasteiger partial charge in [0.2, 0.25) is 0 Å². The minimum absolute atomic E-state index is 0.572. The van der Waals surface area contributed by atoms with E-state index in [0.29, 0.717) is 16.6 Å². The Labute approximate surface area is 157 Å². The van der Waals surface area contributed by atoms with Crippen molar-refractivity contribution in [3.8, 4) is 11.4 Å². The number of nitrogens with zero attached hydrogens (tertiary/aromatic N) is 2. The standard InChI is InChI=1S/C19H19Cl2N3O/c1-22-12-15-11-16(9-13-3-6-17(25-2)7-4-13)24(23-15)19-8-5-14(20)10-18(19)21/h3-8,10-11,22H,9,12H2,1-2H3. The maximum Gasteiger partial charge on any atom is 0.118 e. The van der Waals surface area contributed by atoms with Gasteiger partial charge in [0.05, 0.1) is 23.5 Å². The van der Waals surface area contributed by atoms with Gasteiger partial charge in [-0.2, -0.15) is 5.10 Å². The molecule has 3 rings (SSSR count). The average Bonchev–Trinajstić information content (AvgIpc) is 2.98. The van der Waals surface area contributed by atoms with Crippen LogP contribution in [0.1, 0.15) is 17.0 Å². The molecule has 25 heavy (non-hydrogen) atoms. The van der Waals surface area contributed by atoms with E-state index in [9.17, 15) is 0 Å². The number of hydrogen-bond donors (Lipinski definition) is 1. The summed E-state index contributed by atoms with van der Waals surface area (Å²) in [5.74, 6) is 0.842. The topological polar surface area (TPSA) is 39.1 Å². The first-order chi connectivity index (χ1) is 12.1. The van der Waals surface area contributed by atoms with Crippen LogP contribution in [-0.2, 0) is 13.0 Å². The molecule has 2 aromatic carbocycles. The molecule has 0 aliphatic carbocycles. The minimum Gasteiger partial charge on any atom is -0.497 e. The monoisotopic (exact) mass is 375 g/mol. The van der Waals surface area contributed by atoms with Gasteiger partial charge in [-0.25, -0.2) is 4.68 Å². The first kappa shape index (κ1) is 17.8. The van der Waals surface area contributed by atoms with E-state index < -0.39 is 0 Å². The largest absolute Gasteiger partial charge is 0.497 e. The van der Waals surface area contributed by atoms with Crippen LogP contribution in [0, 0.1) is 0 Å². The van der Waals surface area contributed by atoms with Crippen LogP contribution in [0.2, 0.25) is 10.0 Å². The number of nitrogens with one attached hydrogen (secondary N) is 1. The van der Waals surface area contributed by atoms with Crippen molar-refractivity contribution < 1.29 is 4.74 Å². The summed E-state index contributed by atoms with van der Waals surface area (Å²) in [6.07, 6.45) is 0.736. The van der Waals surface area contributed by atoms with E-state index in [1.807, 2.05) is 36.0 Å². The second-order valence-electron chi connectivity index (χ2n) is 5.69. The molecule has 1 heterocycles. The Morgan fingerprint density at radius 3 is 2.48 bits per heavy atom. The predicted octanol–water partition coefficient (Wildman–Crippen LogP) is 4.50. The summed E-state index contributed by atoms with van der Waals surface area (Å²) in [5, 5.41) is 9.00. The second-order valence-corrected chi connectivity index (χ2v) is 6.53. The highest BCUT2D eigenvalue weighted by atomic mass is 35.5. The van der Waals surface area contributed by atoms with Crippen LogP contribution in [0.4, 0.5) is 0 Å². The molecule has 0 saturated carbocycles. The molecule has 0 amide bonds.